The van der Waals surface area contributed by atoms with Crippen LogP contribution in [-0.4, -0.2) is 37.7 Å². The van der Waals surface area contributed by atoms with Gasteiger partial charge in [0.15, 0.2) is 23.3 Å². The first-order valence-corrected chi connectivity index (χ1v) is 9.60. The topological polar surface area (TPSA) is 95.5 Å². The summed E-state index contributed by atoms with van der Waals surface area (Å²) in [5.41, 5.74) is 7.81. The second-order valence-corrected chi connectivity index (χ2v) is 6.46. The summed E-state index contributed by atoms with van der Waals surface area (Å²) >= 11 is 1.42. The molecule has 2 N–H and O–H groups in total. The molecule has 0 aliphatic carbocycles. The van der Waals surface area contributed by atoms with Gasteiger partial charge in [-0.1, -0.05) is 42.1 Å². The lowest BCUT2D eigenvalue weighted by molar-refractivity contribution is -0.142. The SMILES string of the molecule is CCOc1cc(C=NN=C(N)SCc2ccccc2)ccc1OCC(=O)OC. The molecule has 8 heteroatoms. The summed E-state index contributed by atoms with van der Waals surface area (Å²) in [5.74, 6) is 1.22. The minimum Gasteiger partial charge on any atom is -0.490 e. The molecule has 7 nitrogen and oxygen atoms in total. The molecule has 0 heterocycles. The maximum absolute atomic E-state index is 11.2. The highest BCUT2D eigenvalue weighted by atomic mass is 32.2. The van der Waals surface area contributed by atoms with Gasteiger partial charge in [-0.15, -0.1) is 5.10 Å². The number of carbonyl (C=O) groups excluding carboxylic acids is 1. The Hall–Kier alpha value is -3.00. The summed E-state index contributed by atoms with van der Waals surface area (Å²) in [6, 6.07) is 15.2. The molecule has 0 amide bonds. The summed E-state index contributed by atoms with van der Waals surface area (Å²) in [6.07, 6.45) is 1.57. The molecule has 0 aliphatic heterocycles. The van der Waals surface area contributed by atoms with Crippen molar-refractivity contribution in [3.8, 4) is 11.5 Å². The summed E-state index contributed by atoms with van der Waals surface area (Å²) in [4.78, 5) is 11.2. The predicted octanol–water partition coefficient (Wildman–Crippen LogP) is 3.22. The molecule has 2 rings (SSSR count). The fourth-order valence-corrected chi connectivity index (χ4v) is 2.71. The normalized spacial score (nSPS) is 11.4. The molecule has 0 saturated heterocycles. The number of thioether (sulfide) groups is 1. The Morgan fingerprint density at radius 3 is 2.64 bits per heavy atom. The van der Waals surface area contributed by atoms with E-state index in [1.807, 2.05) is 37.3 Å². The zero-order valence-corrected chi connectivity index (χ0v) is 16.6. The third-order valence-electron chi connectivity index (χ3n) is 3.43. The first kappa shape index (κ1) is 21.3. The number of amidine groups is 1. The van der Waals surface area contributed by atoms with Gasteiger partial charge >= 0.3 is 5.97 Å². The number of ether oxygens (including phenoxy) is 3. The van der Waals surface area contributed by atoms with Gasteiger partial charge in [0.25, 0.3) is 0 Å². The number of benzene rings is 2. The van der Waals surface area contributed by atoms with Crippen LogP contribution < -0.4 is 15.2 Å². The van der Waals surface area contributed by atoms with Crippen LogP contribution in [0.4, 0.5) is 0 Å². The molecule has 2 aromatic rings. The molecule has 0 radical (unpaired) electrons. The molecule has 0 bridgehead atoms. The Balaban J connectivity index is 1.97. The first-order valence-electron chi connectivity index (χ1n) is 8.62. The maximum Gasteiger partial charge on any atom is 0.343 e. The zero-order chi connectivity index (χ0) is 20.2. The van der Waals surface area contributed by atoms with Gasteiger partial charge in [-0.3, -0.25) is 0 Å². The van der Waals surface area contributed by atoms with Crippen molar-refractivity contribution >= 4 is 29.1 Å². The second-order valence-electron chi connectivity index (χ2n) is 5.46. The molecule has 28 heavy (non-hydrogen) atoms. The zero-order valence-electron chi connectivity index (χ0n) is 15.8. The van der Waals surface area contributed by atoms with E-state index in [-0.39, 0.29) is 6.61 Å². The summed E-state index contributed by atoms with van der Waals surface area (Å²) in [6.45, 7) is 2.12. The average molecular weight is 401 g/mol. The van der Waals surface area contributed by atoms with Crippen LogP contribution >= 0.6 is 11.8 Å². The lowest BCUT2D eigenvalue weighted by Gasteiger charge is -2.11. The Labute approximate surface area is 168 Å². The van der Waals surface area contributed by atoms with E-state index < -0.39 is 5.97 Å². The van der Waals surface area contributed by atoms with E-state index in [2.05, 4.69) is 14.9 Å². The molecular weight excluding hydrogens is 378 g/mol. The summed E-state index contributed by atoms with van der Waals surface area (Å²) in [5, 5.41) is 8.39. The van der Waals surface area contributed by atoms with Crippen LogP contribution in [0.3, 0.4) is 0 Å². The highest BCUT2D eigenvalue weighted by molar-refractivity contribution is 8.13. The Morgan fingerprint density at radius 2 is 1.93 bits per heavy atom. The van der Waals surface area contributed by atoms with Gasteiger partial charge in [-0.2, -0.15) is 5.10 Å². The van der Waals surface area contributed by atoms with Crippen LogP contribution in [-0.2, 0) is 15.3 Å². The number of nitrogens with two attached hydrogens (primary N) is 1. The van der Waals surface area contributed by atoms with Crippen molar-refractivity contribution in [1.82, 2.24) is 0 Å². The van der Waals surface area contributed by atoms with Crippen molar-refractivity contribution in [3.63, 3.8) is 0 Å². The van der Waals surface area contributed by atoms with Crippen LogP contribution in [0.25, 0.3) is 0 Å². The molecule has 0 fully saturated rings. The van der Waals surface area contributed by atoms with Crippen molar-refractivity contribution in [2.75, 3.05) is 20.3 Å². The minimum atomic E-state index is -0.467. The highest BCUT2D eigenvalue weighted by Crippen LogP contribution is 2.28. The van der Waals surface area contributed by atoms with E-state index >= 15 is 0 Å². The third kappa shape index (κ3) is 7.32. The van der Waals surface area contributed by atoms with Crippen LogP contribution in [0.1, 0.15) is 18.1 Å². The van der Waals surface area contributed by atoms with Crippen molar-refractivity contribution in [3.05, 3.63) is 59.7 Å². The molecular formula is C20H23N3O4S. The van der Waals surface area contributed by atoms with Gasteiger partial charge in [0.05, 0.1) is 19.9 Å². The lowest BCUT2D eigenvalue weighted by atomic mass is 10.2. The standard InChI is InChI=1S/C20H23N3O4S/c1-3-26-18-11-16(9-10-17(18)27-13-19(24)25-2)12-22-23-20(21)28-14-15-7-5-4-6-8-15/h4-12H,3,13-14H2,1-2H3,(H2,21,23). The largest absolute Gasteiger partial charge is 0.490 e. The molecule has 2 aromatic carbocycles. The molecule has 0 saturated carbocycles. The Morgan fingerprint density at radius 1 is 1.14 bits per heavy atom. The molecule has 0 unspecified atom stereocenters. The maximum atomic E-state index is 11.2. The quantitative estimate of drug-likeness (QED) is 0.300. The molecule has 0 atom stereocenters. The van der Waals surface area contributed by atoms with Crippen molar-refractivity contribution in [1.29, 1.82) is 0 Å². The molecule has 148 valence electrons. The fraction of sp³-hybridized carbons (Fsp3) is 0.250. The molecule has 0 aliphatic rings. The first-order chi connectivity index (χ1) is 13.6. The van der Waals surface area contributed by atoms with E-state index in [1.165, 1.54) is 24.4 Å². The van der Waals surface area contributed by atoms with Crippen LogP contribution in [0.15, 0.2) is 58.7 Å². The summed E-state index contributed by atoms with van der Waals surface area (Å²) in [7, 11) is 1.30. The van der Waals surface area contributed by atoms with Gasteiger partial charge in [0.1, 0.15) is 0 Å². The van der Waals surface area contributed by atoms with E-state index in [1.54, 1.807) is 24.4 Å². The highest BCUT2D eigenvalue weighted by Gasteiger charge is 2.08. The van der Waals surface area contributed by atoms with Gasteiger partial charge in [0, 0.05) is 5.75 Å². The predicted molar refractivity (Wildman–Crippen MR) is 112 cm³/mol. The van der Waals surface area contributed by atoms with Gasteiger partial charge in [0.2, 0.25) is 0 Å². The number of hydrogen-bond donors (Lipinski definition) is 1. The van der Waals surface area contributed by atoms with E-state index in [0.29, 0.717) is 23.3 Å². The molecule has 0 aromatic heterocycles. The lowest BCUT2D eigenvalue weighted by Crippen LogP contribution is -2.13. The smallest absolute Gasteiger partial charge is 0.343 e. The van der Waals surface area contributed by atoms with E-state index in [4.69, 9.17) is 15.2 Å². The number of esters is 1. The monoisotopic (exact) mass is 401 g/mol. The minimum absolute atomic E-state index is 0.191. The number of rotatable bonds is 9. The Kier molecular flexibility index (Phi) is 8.87. The van der Waals surface area contributed by atoms with E-state index in [9.17, 15) is 4.79 Å². The number of carbonyl (C=O) groups is 1. The number of methoxy groups -OCH3 is 1. The molecule has 0 spiro atoms. The van der Waals surface area contributed by atoms with Gasteiger partial charge in [-0.25, -0.2) is 4.79 Å². The van der Waals surface area contributed by atoms with Gasteiger partial charge < -0.3 is 19.9 Å². The van der Waals surface area contributed by atoms with Crippen molar-refractivity contribution in [2.45, 2.75) is 12.7 Å². The average Bonchev–Trinajstić information content (AvgIpc) is 2.72. The van der Waals surface area contributed by atoms with E-state index in [0.717, 1.165) is 11.3 Å². The fourth-order valence-electron chi connectivity index (χ4n) is 2.10. The van der Waals surface area contributed by atoms with Crippen LogP contribution in [0.5, 0.6) is 11.5 Å². The van der Waals surface area contributed by atoms with Gasteiger partial charge in [-0.05, 0) is 36.2 Å². The van der Waals surface area contributed by atoms with Crippen LogP contribution in [0, 0.1) is 0 Å². The van der Waals surface area contributed by atoms with Crippen LogP contribution in [0.2, 0.25) is 0 Å². The second kappa shape index (κ2) is 11.7. The number of nitrogens with zero attached hydrogens (tertiary/aromatic N) is 2. The third-order valence-corrected chi connectivity index (χ3v) is 4.29. The van der Waals surface area contributed by atoms with Crippen molar-refractivity contribution in [2.24, 2.45) is 15.9 Å². The van der Waals surface area contributed by atoms with Crippen molar-refractivity contribution < 1.29 is 19.0 Å². The Bertz CT molecular complexity index is 825. The number of hydrogen-bond acceptors (Lipinski definition) is 7. The summed E-state index contributed by atoms with van der Waals surface area (Å²) < 4.78 is 15.5.